The molecule has 0 aliphatic carbocycles. The largest absolute Gasteiger partial charge is 0.338 e. The first-order valence-electron chi connectivity index (χ1n) is 6.68. The molecule has 0 bridgehead atoms. The van der Waals surface area contributed by atoms with Crippen molar-refractivity contribution in [3.8, 4) is 0 Å². The van der Waals surface area contributed by atoms with E-state index in [4.69, 9.17) is 5.73 Å². The zero-order valence-corrected chi connectivity index (χ0v) is 11.3. The van der Waals surface area contributed by atoms with Gasteiger partial charge in [-0.15, -0.1) is 0 Å². The second-order valence-electron chi connectivity index (χ2n) is 5.30. The molecule has 1 heterocycles. The minimum absolute atomic E-state index is 0.177. The van der Waals surface area contributed by atoms with E-state index in [1.807, 2.05) is 36.9 Å². The third-order valence-electron chi connectivity index (χ3n) is 3.77. The van der Waals surface area contributed by atoms with Crippen molar-refractivity contribution >= 4 is 5.91 Å². The van der Waals surface area contributed by atoms with Crippen LogP contribution in [0.4, 0.5) is 0 Å². The number of nitrogens with zero attached hydrogens (tertiary/aromatic N) is 1. The van der Waals surface area contributed by atoms with Crippen LogP contribution in [0.5, 0.6) is 0 Å². The molecule has 1 aromatic carbocycles. The van der Waals surface area contributed by atoms with E-state index in [-0.39, 0.29) is 5.91 Å². The predicted molar refractivity (Wildman–Crippen MR) is 73.6 cm³/mol. The Balaban J connectivity index is 2.10. The lowest BCUT2D eigenvalue weighted by Crippen LogP contribution is -2.29. The normalized spacial score (nSPS) is 19.3. The van der Waals surface area contributed by atoms with Gasteiger partial charge in [0.2, 0.25) is 0 Å². The van der Waals surface area contributed by atoms with Crippen molar-refractivity contribution < 1.29 is 4.79 Å². The molecule has 3 nitrogen and oxygen atoms in total. The lowest BCUT2D eigenvalue weighted by molar-refractivity contribution is 0.0786. The third kappa shape index (κ3) is 2.72. The van der Waals surface area contributed by atoms with E-state index in [0.717, 1.165) is 49.2 Å². The van der Waals surface area contributed by atoms with E-state index in [0.29, 0.717) is 5.92 Å². The van der Waals surface area contributed by atoms with Crippen LogP contribution in [0, 0.1) is 19.8 Å². The minimum Gasteiger partial charge on any atom is -0.338 e. The standard InChI is InChI=1S/C15H22N2O/c1-11-3-4-12(2)14(9-11)15(18)17-8-6-13(10-17)5-7-16/h3-4,9,13H,5-8,10,16H2,1-2H3. The summed E-state index contributed by atoms with van der Waals surface area (Å²) in [6.07, 6.45) is 2.12. The topological polar surface area (TPSA) is 46.3 Å². The highest BCUT2D eigenvalue weighted by Crippen LogP contribution is 2.22. The lowest BCUT2D eigenvalue weighted by atomic mass is 10.0. The first-order valence-corrected chi connectivity index (χ1v) is 6.68. The van der Waals surface area contributed by atoms with Gasteiger partial charge in [0.15, 0.2) is 0 Å². The third-order valence-corrected chi connectivity index (χ3v) is 3.77. The van der Waals surface area contributed by atoms with Crippen LogP contribution in [0.1, 0.15) is 34.3 Å². The van der Waals surface area contributed by atoms with Gasteiger partial charge >= 0.3 is 0 Å². The molecule has 18 heavy (non-hydrogen) atoms. The molecule has 1 atom stereocenters. The van der Waals surface area contributed by atoms with Gasteiger partial charge in [0.1, 0.15) is 0 Å². The van der Waals surface area contributed by atoms with Crippen LogP contribution in [0.2, 0.25) is 0 Å². The first kappa shape index (κ1) is 13.1. The molecule has 1 unspecified atom stereocenters. The summed E-state index contributed by atoms with van der Waals surface area (Å²) in [7, 11) is 0. The fraction of sp³-hybridized carbons (Fsp3) is 0.533. The summed E-state index contributed by atoms with van der Waals surface area (Å²) in [5, 5.41) is 0. The Morgan fingerprint density at radius 3 is 2.94 bits per heavy atom. The van der Waals surface area contributed by atoms with Gasteiger partial charge < -0.3 is 10.6 Å². The van der Waals surface area contributed by atoms with Gasteiger partial charge in [0.05, 0.1) is 0 Å². The van der Waals surface area contributed by atoms with E-state index in [2.05, 4.69) is 0 Å². The highest BCUT2D eigenvalue weighted by Gasteiger charge is 2.26. The maximum atomic E-state index is 12.5. The van der Waals surface area contributed by atoms with E-state index in [9.17, 15) is 4.79 Å². The van der Waals surface area contributed by atoms with Crippen molar-refractivity contribution in [2.24, 2.45) is 11.7 Å². The molecule has 0 spiro atoms. The molecule has 98 valence electrons. The fourth-order valence-electron chi connectivity index (χ4n) is 2.63. The minimum atomic E-state index is 0.177. The SMILES string of the molecule is Cc1ccc(C)c(C(=O)N2CCC(CCN)C2)c1. The summed E-state index contributed by atoms with van der Waals surface area (Å²) >= 11 is 0. The first-order chi connectivity index (χ1) is 8.61. The average molecular weight is 246 g/mol. The number of benzene rings is 1. The summed E-state index contributed by atoms with van der Waals surface area (Å²) in [5.41, 5.74) is 8.64. The number of carbonyl (C=O) groups is 1. The van der Waals surface area contributed by atoms with Crippen LogP contribution in [-0.2, 0) is 0 Å². The molecule has 2 N–H and O–H groups in total. The smallest absolute Gasteiger partial charge is 0.254 e. The summed E-state index contributed by atoms with van der Waals surface area (Å²) in [6, 6.07) is 6.07. The number of amides is 1. The van der Waals surface area contributed by atoms with Crippen LogP contribution < -0.4 is 5.73 Å². The number of likely N-dealkylation sites (tertiary alicyclic amines) is 1. The number of nitrogens with two attached hydrogens (primary N) is 1. The maximum Gasteiger partial charge on any atom is 0.254 e. The van der Waals surface area contributed by atoms with E-state index >= 15 is 0 Å². The number of aryl methyl sites for hydroxylation is 2. The van der Waals surface area contributed by atoms with Gasteiger partial charge in [-0.2, -0.15) is 0 Å². The number of rotatable bonds is 3. The fourth-order valence-corrected chi connectivity index (χ4v) is 2.63. The zero-order valence-electron chi connectivity index (χ0n) is 11.3. The Hall–Kier alpha value is -1.35. The highest BCUT2D eigenvalue weighted by molar-refractivity contribution is 5.96. The molecule has 1 saturated heterocycles. The molecule has 1 aromatic rings. The molecule has 1 aliphatic heterocycles. The summed E-state index contributed by atoms with van der Waals surface area (Å²) in [6.45, 7) is 6.48. The summed E-state index contributed by atoms with van der Waals surface area (Å²) in [5.74, 6) is 0.764. The molecule has 1 fully saturated rings. The summed E-state index contributed by atoms with van der Waals surface area (Å²) in [4.78, 5) is 14.4. The number of carbonyl (C=O) groups excluding carboxylic acids is 1. The van der Waals surface area contributed by atoms with Crippen molar-refractivity contribution in [2.45, 2.75) is 26.7 Å². The molecule has 1 amide bonds. The van der Waals surface area contributed by atoms with Crippen molar-refractivity contribution in [3.63, 3.8) is 0 Å². The van der Waals surface area contributed by atoms with Crippen LogP contribution in [0.3, 0.4) is 0 Å². The van der Waals surface area contributed by atoms with Gasteiger partial charge in [-0.25, -0.2) is 0 Å². The molecule has 3 heteroatoms. The van der Waals surface area contributed by atoms with Crippen molar-refractivity contribution in [1.29, 1.82) is 0 Å². The molecular formula is C15H22N2O. The van der Waals surface area contributed by atoms with Gasteiger partial charge in [-0.05, 0) is 50.8 Å². The van der Waals surface area contributed by atoms with Crippen molar-refractivity contribution in [1.82, 2.24) is 4.90 Å². The Morgan fingerprint density at radius 1 is 1.44 bits per heavy atom. The van der Waals surface area contributed by atoms with Gasteiger partial charge in [-0.1, -0.05) is 17.7 Å². The van der Waals surface area contributed by atoms with Crippen LogP contribution in [0.25, 0.3) is 0 Å². The predicted octanol–water partition coefficient (Wildman–Crippen LogP) is 2.11. The highest BCUT2D eigenvalue weighted by atomic mass is 16.2. The summed E-state index contributed by atoms with van der Waals surface area (Å²) < 4.78 is 0. The molecule has 2 rings (SSSR count). The molecular weight excluding hydrogens is 224 g/mol. The van der Waals surface area contributed by atoms with Crippen molar-refractivity contribution in [2.75, 3.05) is 19.6 Å². The second kappa shape index (κ2) is 5.53. The van der Waals surface area contributed by atoms with Crippen molar-refractivity contribution in [3.05, 3.63) is 34.9 Å². The van der Waals surface area contributed by atoms with Gasteiger partial charge in [0, 0.05) is 18.7 Å². The van der Waals surface area contributed by atoms with Crippen LogP contribution >= 0.6 is 0 Å². The molecule has 0 radical (unpaired) electrons. The second-order valence-corrected chi connectivity index (χ2v) is 5.30. The van der Waals surface area contributed by atoms with Gasteiger partial charge in [-0.3, -0.25) is 4.79 Å². The molecule has 0 saturated carbocycles. The Labute approximate surface area is 109 Å². The zero-order chi connectivity index (χ0) is 13.1. The number of hydrogen-bond donors (Lipinski definition) is 1. The average Bonchev–Trinajstić information content (AvgIpc) is 2.80. The Bertz CT molecular complexity index is 442. The Morgan fingerprint density at radius 2 is 2.22 bits per heavy atom. The molecule has 0 aromatic heterocycles. The lowest BCUT2D eigenvalue weighted by Gasteiger charge is -2.18. The Kier molecular flexibility index (Phi) is 4.02. The molecule has 1 aliphatic rings. The maximum absolute atomic E-state index is 12.5. The van der Waals surface area contributed by atoms with Crippen LogP contribution in [-0.4, -0.2) is 30.4 Å². The van der Waals surface area contributed by atoms with Gasteiger partial charge in [0.25, 0.3) is 5.91 Å². The van der Waals surface area contributed by atoms with E-state index < -0.39 is 0 Å². The van der Waals surface area contributed by atoms with Crippen LogP contribution in [0.15, 0.2) is 18.2 Å². The monoisotopic (exact) mass is 246 g/mol. The van der Waals surface area contributed by atoms with E-state index in [1.54, 1.807) is 0 Å². The number of hydrogen-bond acceptors (Lipinski definition) is 2. The van der Waals surface area contributed by atoms with E-state index in [1.165, 1.54) is 0 Å². The quantitative estimate of drug-likeness (QED) is 0.888.